The monoisotopic (exact) mass is 637 g/mol. The van der Waals surface area contributed by atoms with Gasteiger partial charge in [-0.2, -0.15) is 0 Å². The molecule has 3 nitrogen and oxygen atoms in total. The van der Waals surface area contributed by atoms with Crippen molar-refractivity contribution >= 4 is 33.2 Å². The molecule has 1 aromatic heterocycles. The summed E-state index contributed by atoms with van der Waals surface area (Å²) in [5.74, 6) is 0. The van der Waals surface area contributed by atoms with Crippen LogP contribution in [0.2, 0.25) is 0 Å². The van der Waals surface area contributed by atoms with Crippen molar-refractivity contribution in [2.24, 2.45) is 4.99 Å². The summed E-state index contributed by atoms with van der Waals surface area (Å²) in [6.45, 7) is 9.34. The second-order valence-electron chi connectivity index (χ2n) is 13.9. The van der Waals surface area contributed by atoms with Crippen LogP contribution < -0.4 is 5.32 Å². The van der Waals surface area contributed by atoms with Gasteiger partial charge in [0.2, 0.25) is 0 Å². The van der Waals surface area contributed by atoms with Crippen LogP contribution in [0.1, 0.15) is 62.4 Å². The molecule has 0 radical (unpaired) electrons. The van der Waals surface area contributed by atoms with Gasteiger partial charge in [0.1, 0.15) is 0 Å². The van der Waals surface area contributed by atoms with E-state index in [1.165, 1.54) is 55.2 Å². The number of hydrogen-bond donors (Lipinski definition) is 1. The fourth-order valence-electron chi connectivity index (χ4n) is 8.24. The highest BCUT2D eigenvalue weighted by atomic mass is 15.1. The number of aliphatic imine (C=N–C) groups is 1. The van der Waals surface area contributed by atoms with E-state index in [-0.39, 0.29) is 17.5 Å². The zero-order chi connectivity index (χ0) is 33.7. The molecule has 6 aromatic carbocycles. The first kappa shape index (κ1) is 30.9. The Labute approximate surface area is 290 Å². The first-order valence-electron chi connectivity index (χ1n) is 17.6. The lowest BCUT2D eigenvalue weighted by Crippen LogP contribution is -2.22. The lowest BCUT2D eigenvalue weighted by molar-refractivity contribution is 0.440. The lowest BCUT2D eigenvalue weighted by Gasteiger charge is -2.26. The minimum atomic E-state index is -0.0666. The van der Waals surface area contributed by atoms with Gasteiger partial charge in [-0.25, -0.2) is 0 Å². The number of aromatic nitrogens is 1. The van der Waals surface area contributed by atoms with Gasteiger partial charge >= 0.3 is 0 Å². The summed E-state index contributed by atoms with van der Waals surface area (Å²) in [5, 5.41) is 6.04. The summed E-state index contributed by atoms with van der Waals surface area (Å²) in [6.07, 6.45) is 0.951. The van der Waals surface area contributed by atoms with Crippen molar-refractivity contribution in [3.63, 3.8) is 0 Å². The highest BCUT2D eigenvalue weighted by molar-refractivity contribution is 6.16. The molecule has 242 valence electrons. The number of hydrogen-bond acceptors (Lipinski definition) is 2. The number of fused-ring (bicyclic) bond motifs is 6. The van der Waals surface area contributed by atoms with Crippen LogP contribution in [0.5, 0.6) is 0 Å². The Hall–Kier alpha value is -5.41. The van der Waals surface area contributed by atoms with E-state index in [2.05, 4.69) is 177 Å². The maximum atomic E-state index is 5.66. The number of nitrogens with one attached hydrogen (secondary N) is 1. The second-order valence-corrected chi connectivity index (χ2v) is 13.9. The molecule has 1 unspecified atom stereocenters. The van der Waals surface area contributed by atoms with Gasteiger partial charge in [-0.15, -0.1) is 0 Å². The van der Waals surface area contributed by atoms with Crippen molar-refractivity contribution < 1.29 is 0 Å². The van der Waals surface area contributed by atoms with Crippen LogP contribution in [0.15, 0.2) is 145 Å². The van der Waals surface area contributed by atoms with Crippen molar-refractivity contribution in [3.05, 3.63) is 162 Å². The average molecular weight is 638 g/mol. The zero-order valence-electron chi connectivity index (χ0n) is 29.0. The van der Waals surface area contributed by atoms with Crippen molar-refractivity contribution in [2.75, 3.05) is 12.4 Å². The van der Waals surface area contributed by atoms with Crippen LogP contribution in [0.4, 0.5) is 5.69 Å². The van der Waals surface area contributed by atoms with E-state index in [0.29, 0.717) is 0 Å². The molecule has 0 fully saturated rings. The Morgan fingerprint density at radius 3 is 2.12 bits per heavy atom. The molecule has 1 aliphatic carbocycles. The molecule has 1 heterocycles. The first-order valence-corrected chi connectivity index (χ1v) is 17.6. The van der Waals surface area contributed by atoms with Gasteiger partial charge < -0.3 is 9.88 Å². The van der Waals surface area contributed by atoms with Gasteiger partial charge in [-0.1, -0.05) is 136 Å². The molecule has 0 saturated carbocycles. The molecule has 2 atom stereocenters. The maximum absolute atomic E-state index is 5.66. The molecule has 1 aliphatic rings. The molecule has 3 heteroatoms. The predicted octanol–water partition coefficient (Wildman–Crippen LogP) is 11.7. The van der Waals surface area contributed by atoms with E-state index in [9.17, 15) is 0 Å². The number of nitrogens with zero attached hydrogens (tertiary/aromatic N) is 2. The van der Waals surface area contributed by atoms with Crippen LogP contribution in [0.3, 0.4) is 0 Å². The Balaban J connectivity index is 1.29. The third-order valence-corrected chi connectivity index (χ3v) is 10.8. The third-order valence-electron chi connectivity index (χ3n) is 10.8. The number of benzene rings is 6. The topological polar surface area (TPSA) is 29.3 Å². The predicted molar refractivity (Wildman–Crippen MR) is 209 cm³/mol. The fraction of sp³-hybridized carbons (Fsp3) is 0.196. The average Bonchev–Trinajstić information content (AvgIpc) is 3.58. The van der Waals surface area contributed by atoms with E-state index in [4.69, 9.17) is 4.99 Å². The fourth-order valence-corrected chi connectivity index (χ4v) is 8.24. The minimum absolute atomic E-state index is 0.00354. The molecular weight excluding hydrogens is 595 g/mol. The van der Waals surface area contributed by atoms with Crippen LogP contribution in [0, 0.1) is 0 Å². The van der Waals surface area contributed by atoms with E-state index >= 15 is 0 Å². The molecule has 0 saturated heterocycles. The Morgan fingerprint density at radius 1 is 0.673 bits per heavy atom. The molecule has 1 N–H and O–H groups in total. The van der Waals surface area contributed by atoms with Gasteiger partial charge in [0, 0.05) is 51.1 Å². The summed E-state index contributed by atoms with van der Waals surface area (Å²) < 4.78 is 2.60. The molecule has 0 aliphatic heterocycles. The standard InChI is InChI=1S/C46H43N3/c1-6-42(30(2)48-45(36-20-11-14-22-41(36)47-5)33-26-24-32(25-27-33)31-16-8-7-9-17-31)49-43-23-15-12-19-35(43)38-28-37-34-18-10-13-21-39(34)46(3,4)40(37)29-44(38)49/h7-30,42,47H,6H2,1-5H3/t30?,42-/m1/s1. The number of rotatable bonds is 8. The molecule has 0 bridgehead atoms. The van der Waals surface area contributed by atoms with Crippen molar-refractivity contribution in [2.45, 2.75) is 51.6 Å². The lowest BCUT2D eigenvalue weighted by atomic mass is 9.82. The van der Waals surface area contributed by atoms with Crippen LogP contribution in [-0.4, -0.2) is 23.4 Å². The molecule has 49 heavy (non-hydrogen) atoms. The summed E-state index contributed by atoms with van der Waals surface area (Å²) in [4.78, 5) is 5.66. The van der Waals surface area contributed by atoms with Crippen LogP contribution in [0.25, 0.3) is 44.1 Å². The molecule has 0 spiro atoms. The quantitative estimate of drug-likeness (QED) is 0.165. The van der Waals surface area contributed by atoms with Gasteiger partial charge in [0.05, 0.1) is 17.8 Å². The highest BCUT2D eigenvalue weighted by Crippen LogP contribution is 2.51. The van der Waals surface area contributed by atoms with E-state index in [0.717, 1.165) is 28.9 Å². The van der Waals surface area contributed by atoms with Crippen molar-refractivity contribution in [1.82, 2.24) is 4.57 Å². The number of anilines is 1. The first-order chi connectivity index (χ1) is 23.9. The third kappa shape index (κ3) is 5.07. The van der Waals surface area contributed by atoms with Gasteiger partial charge in [0.15, 0.2) is 0 Å². The van der Waals surface area contributed by atoms with E-state index < -0.39 is 0 Å². The highest BCUT2D eigenvalue weighted by Gasteiger charge is 2.36. The normalized spacial score (nSPS) is 14.8. The van der Waals surface area contributed by atoms with E-state index in [1.807, 2.05) is 7.05 Å². The van der Waals surface area contributed by atoms with Gasteiger partial charge in [-0.3, -0.25) is 4.99 Å². The molecule has 7 aromatic rings. The summed E-state index contributed by atoms with van der Waals surface area (Å²) in [7, 11) is 1.99. The Bertz CT molecular complexity index is 2340. The molecule has 0 amide bonds. The minimum Gasteiger partial charge on any atom is -0.388 e. The van der Waals surface area contributed by atoms with Crippen LogP contribution in [-0.2, 0) is 5.41 Å². The summed E-state index contributed by atoms with van der Waals surface area (Å²) >= 11 is 0. The van der Waals surface area contributed by atoms with Gasteiger partial charge in [-0.05, 0) is 71.0 Å². The number of para-hydroxylation sites is 2. The Kier molecular flexibility index (Phi) is 7.72. The van der Waals surface area contributed by atoms with Gasteiger partial charge in [0.25, 0.3) is 0 Å². The smallest absolute Gasteiger partial charge is 0.0743 e. The largest absolute Gasteiger partial charge is 0.388 e. The molecular formula is C46H43N3. The van der Waals surface area contributed by atoms with Crippen molar-refractivity contribution in [1.29, 1.82) is 0 Å². The van der Waals surface area contributed by atoms with Crippen LogP contribution >= 0.6 is 0 Å². The summed E-state index contributed by atoms with van der Waals surface area (Å²) in [6, 6.07) is 50.9. The van der Waals surface area contributed by atoms with Crippen molar-refractivity contribution in [3.8, 4) is 22.3 Å². The maximum Gasteiger partial charge on any atom is 0.0743 e. The van der Waals surface area contributed by atoms with E-state index in [1.54, 1.807) is 0 Å². The summed E-state index contributed by atoms with van der Waals surface area (Å²) in [5.41, 5.74) is 14.7. The molecule has 8 rings (SSSR count). The Morgan fingerprint density at radius 2 is 1.35 bits per heavy atom. The second kappa shape index (κ2) is 12.2. The zero-order valence-corrected chi connectivity index (χ0v) is 29.0. The SMILES string of the molecule is CC[C@H](C(C)N=C(c1ccc(-c2ccccc2)cc1)c1ccccc1NC)n1c2ccccc2c2cc3c(cc21)C(C)(C)c1ccccc1-3.